The number of aliphatic carboxylic acids is 1. The second-order valence-corrected chi connectivity index (χ2v) is 14.8. The van der Waals surface area contributed by atoms with Gasteiger partial charge >= 0.3 is 11.9 Å². The van der Waals surface area contributed by atoms with Crippen LogP contribution in [0.1, 0.15) is 113 Å². The van der Waals surface area contributed by atoms with Gasteiger partial charge in [-0.1, -0.05) is 46.3 Å². The fourth-order valence-electron chi connectivity index (χ4n) is 10.3. The summed E-state index contributed by atoms with van der Waals surface area (Å²) in [5, 5.41) is 10.5. The fraction of sp³-hybridized carbons (Fsp3) is 0.867. The molecule has 1 saturated heterocycles. The molecule has 4 aliphatic carbocycles. The van der Waals surface area contributed by atoms with Gasteiger partial charge in [0.05, 0.1) is 5.41 Å². The quantitative estimate of drug-likeness (QED) is 0.326. The van der Waals surface area contributed by atoms with Crippen molar-refractivity contribution in [3.8, 4) is 0 Å². The maximum absolute atomic E-state index is 12.8. The summed E-state index contributed by atoms with van der Waals surface area (Å²) in [6.07, 6.45) is 11.7. The van der Waals surface area contributed by atoms with Gasteiger partial charge in [0.15, 0.2) is 0 Å². The molecular weight excluding hydrogens is 424 g/mol. The highest BCUT2D eigenvalue weighted by molar-refractivity contribution is 5.76. The largest absolute Gasteiger partial charge is 0.481 e. The van der Waals surface area contributed by atoms with E-state index in [1.54, 1.807) is 0 Å². The monoisotopic (exact) mass is 470 g/mol. The molecule has 1 aliphatic heterocycles. The molecule has 0 aromatic carbocycles. The van der Waals surface area contributed by atoms with Gasteiger partial charge in [-0.05, 0) is 105 Å². The van der Waals surface area contributed by atoms with E-state index in [9.17, 15) is 14.7 Å². The van der Waals surface area contributed by atoms with Gasteiger partial charge in [0, 0.05) is 12.3 Å². The molecule has 4 heteroatoms. The van der Waals surface area contributed by atoms with Crippen molar-refractivity contribution in [3.63, 3.8) is 0 Å². The van der Waals surface area contributed by atoms with Crippen molar-refractivity contribution in [2.24, 2.45) is 44.8 Å². The van der Waals surface area contributed by atoms with Crippen LogP contribution in [0, 0.1) is 44.8 Å². The van der Waals surface area contributed by atoms with Crippen LogP contribution in [0.15, 0.2) is 11.6 Å². The van der Waals surface area contributed by atoms with E-state index in [0.717, 1.165) is 57.8 Å². The highest BCUT2D eigenvalue weighted by atomic mass is 16.6. The van der Waals surface area contributed by atoms with Crippen LogP contribution in [0.4, 0.5) is 0 Å². The van der Waals surface area contributed by atoms with Crippen LogP contribution in [0.3, 0.4) is 0 Å². The molecule has 0 aromatic rings. The van der Waals surface area contributed by atoms with Gasteiger partial charge in [0.1, 0.15) is 5.60 Å². The summed E-state index contributed by atoms with van der Waals surface area (Å²) in [5.41, 5.74) is 0.798. The van der Waals surface area contributed by atoms with Gasteiger partial charge < -0.3 is 9.84 Å². The van der Waals surface area contributed by atoms with Gasteiger partial charge in [-0.3, -0.25) is 9.59 Å². The first kappa shape index (κ1) is 24.4. The molecule has 0 amide bonds. The zero-order chi connectivity index (χ0) is 24.9. The Kier molecular flexibility index (Phi) is 5.11. The average Bonchev–Trinajstić information content (AvgIpc) is 2.80. The highest BCUT2D eigenvalue weighted by Crippen LogP contribution is 2.74. The first-order valence-corrected chi connectivity index (χ1v) is 13.8. The van der Waals surface area contributed by atoms with Gasteiger partial charge in [0.2, 0.25) is 0 Å². The number of cyclic esters (lactones) is 1. The Morgan fingerprint density at radius 2 is 1.62 bits per heavy atom. The first-order chi connectivity index (χ1) is 15.6. The lowest BCUT2D eigenvalue weighted by Gasteiger charge is -2.69. The summed E-state index contributed by atoms with van der Waals surface area (Å²) in [7, 11) is 0. The Hall–Kier alpha value is -1.32. The number of carbonyl (C=O) groups excluding carboxylic acids is 1. The molecule has 1 N–H and O–H groups in total. The second kappa shape index (κ2) is 7.13. The zero-order valence-electron chi connectivity index (χ0n) is 22.6. The van der Waals surface area contributed by atoms with E-state index in [4.69, 9.17) is 4.74 Å². The predicted molar refractivity (Wildman–Crippen MR) is 133 cm³/mol. The normalized spacial score (nSPS) is 49.2. The Morgan fingerprint density at radius 1 is 0.941 bits per heavy atom. The van der Waals surface area contributed by atoms with E-state index in [1.807, 2.05) is 0 Å². The molecule has 0 spiro atoms. The van der Waals surface area contributed by atoms with Crippen molar-refractivity contribution in [1.29, 1.82) is 0 Å². The third kappa shape index (κ3) is 3.01. The summed E-state index contributed by atoms with van der Waals surface area (Å²) in [5.74, 6) is 0.369. The number of allylic oxidation sites excluding steroid dienone is 2. The number of rotatable bonds is 1. The molecule has 0 bridgehead atoms. The van der Waals surface area contributed by atoms with E-state index in [0.29, 0.717) is 18.3 Å². The van der Waals surface area contributed by atoms with Crippen LogP contribution in [-0.2, 0) is 14.3 Å². The number of ether oxygens (including phenoxy) is 1. The Labute approximate surface area is 206 Å². The average molecular weight is 471 g/mol. The molecule has 0 aromatic heterocycles. The molecule has 1 unspecified atom stereocenters. The molecule has 7 atom stereocenters. The maximum Gasteiger partial charge on any atom is 0.310 e. The number of carboxylic acid groups (broad SMARTS) is 1. The predicted octanol–water partition coefficient (Wildman–Crippen LogP) is 7.17. The molecule has 3 saturated carbocycles. The number of carboxylic acids is 1. The third-order valence-corrected chi connectivity index (χ3v) is 12.4. The Morgan fingerprint density at radius 3 is 2.29 bits per heavy atom. The molecule has 34 heavy (non-hydrogen) atoms. The lowest BCUT2D eigenvalue weighted by molar-refractivity contribution is -0.191. The maximum atomic E-state index is 12.8. The molecule has 190 valence electrons. The van der Waals surface area contributed by atoms with Gasteiger partial charge in [0.25, 0.3) is 0 Å². The lowest BCUT2D eigenvalue weighted by atomic mass is 9.35. The minimum absolute atomic E-state index is 0.0161. The lowest BCUT2D eigenvalue weighted by Crippen LogP contribution is -2.63. The van der Waals surface area contributed by atoms with Crippen molar-refractivity contribution >= 4 is 11.9 Å². The van der Waals surface area contributed by atoms with Crippen LogP contribution in [0.2, 0.25) is 0 Å². The van der Waals surface area contributed by atoms with Crippen molar-refractivity contribution in [2.45, 2.75) is 118 Å². The van der Waals surface area contributed by atoms with E-state index < -0.39 is 17.0 Å². The van der Waals surface area contributed by atoms with E-state index in [2.05, 4.69) is 54.5 Å². The first-order valence-electron chi connectivity index (χ1n) is 13.8. The van der Waals surface area contributed by atoms with E-state index in [1.165, 1.54) is 5.57 Å². The second-order valence-electron chi connectivity index (χ2n) is 14.8. The van der Waals surface area contributed by atoms with Crippen LogP contribution >= 0.6 is 0 Å². The molecule has 0 radical (unpaired) electrons. The molecular formula is C30H46O4. The summed E-state index contributed by atoms with van der Waals surface area (Å²) in [4.78, 5) is 25.3. The van der Waals surface area contributed by atoms with E-state index in [-0.39, 0.29) is 33.5 Å². The van der Waals surface area contributed by atoms with Crippen LogP contribution < -0.4 is 0 Å². The SMILES string of the molecule is CC1(C)CC[C@]2(C(=O)O)CC[C@]3(C)C(=CCC4[C@@]5(C)CCC(=O)OC(C)(C)[C@@H]5CC[C@]43C)[C@@H]2C1. The van der Waals surface area contributed by atoms with E-state index >= 15 is 0 Å². The number of fused-ring (bicyclic) bond motifs is 7. The summed E-state index contributed by atoms with van der Waals surface area (Å²) >= 11 is 0. The standard InChI is InChI=1S/C30H46O4/c1-25(2)14-16-30(24(32)33)17-15-28(6)19(20(30)18-25)8-9-22-27(5)12-11-23(31)34-26(3,4)21(27)10-13-29(22,28)7/h8,20-22H,9-18H2,1-7H3,(H,32,33)/t20-,21-,22?,27-,28+,29+,30-/m0/s1. The minimum Gasteiger partial charge on any atom is -0.481 e. The Balaban J connectivity index is 1.61. The molecule has 1 heterocycles. The van der Waals surface area contributed by atoms with Crippen molar-refractivity contribution < 1.29 is 19.4 Å². The number of esters is 1. The topological polar surface area (TPSA) is 63.6 Å². The summed E-state index contributed by atoms with van der Waals surface area (Å²) in [6.45, 7) is 16.4. The van der Waals surface area contributed by atoms with Crippen molar-refractivity contribution in [2.75, 3.05) is 0 Å². The number of hydrogen-bond donors (Lipinski definition) is 1. The van der Waals surface area contributed by atoms with Gasteiger partial charge in [-0.25, -0.2) is 0 Å². The van der Waals surface area contributed by atoms with Crippen LogP contribution in [0.5, 0.6) is 0 Å². The minimum atomic E-state index is -0.588. The molecule has 5 aliphatic rings. The molecule has 4 nitrogen and oxygen atoms in total. The van der Waals surface area contributed by atoms with Gasteiger partial charge in [-0.2, -0.15) is 0 Å². The third-order valence-electron chi connectivity index (χ3n) is 12.4. The van der Waals surface area contributed by atoms with Gasteiger partial charge in [-0.15, -0.1) is 0 Å². The fourth-order valence-corrected chi connectivity index (χ4v) is 10.3. The zero-order valence-corrected chi connectivity index (χ0v) is 22.6. The molecule has 4 fully saturated rings. The van der Waals surface area contributed by atoms with Crippen molar-refractivity contribution in [1.82, 2.24) is 0 Å². The van der Waals surface area contributed by atoms with Crippen LogP contribution in [0.25, 0.3) is 0 Å². The van der Waals surface area contributed by atoms with Crippen LogP contribution in [-0.4, -0.2) is 22.6 Å². The number of carbonyl (C=O) groups is 2. The number of hydrogen-bond acceptors (Lipinski definition) is 3. The summed E-state index contributed by atoms with van der Waals surface area (Å²) < 4.78 is 5.99. The Bertz CT molecular complexity index is 945. The van der Waals surface area contributed by atoms with Crippen molar-refractivity contribution in [3.05, 3.63) is 11.6 Å². The molecule has 5 rings (SSSR count). The summed E-state index contributed by atoms with van der Waals surface area (Å²) in [6, 6.07) is 0. The smallest absolute Gasteiger partial charge is 0.310 e. The highest BCUT2D eigenvalue weighted by Gasteiger charge is 2.68.